The summed E-state index contributed by atoms with van der Waals surface area (Å²) in [6, 6.07) is 43.7. The maximum atomic E-state index is 5.51. The molecule has 4 aromatic carbocycles. The van der Waals surface area contributed by atoms with E-state index < -0.39 is 0 Å². The van der Waals surface area contributed by atoms with Crippen LogP contribution in [0, 0.1) is 20.8 Å². The number of rotatable bonds is 6. The standard InChI is InChI=1S/C54H40N6S/c1-33-8-14-37(15-9-33)51-42-24-25-43(55-42)52(38-20-22-41(23-21-38)60-32-48(58-59-60)36-6-4-5-7-36)45-27-29-47(57-45)54(40-18-12-35(3)13-19-40)50-31-30-49(61-50)53(46-28-26-44(51)56-46)39-16-10-34(2)11-17-39/h4-6,8-32,55H,7H2,1-3H3. The maximum absolute atomic E-state index is 5.51. The molecule has 61 heavy (non-hydrogen) atoms. The Morgan fingerprint density at radius 2 is 0.951 bits per heavy atom. The van der Waals surface area contributed by atoms with Crippen molar-refractivity contribution in [2.24, 2.45) is 0 Å². The summed E-state index contributed by atoms with van der Waals surface area (Å²) in [5.74, 6) is 0. The van der Waals surface area contributed by atoms with Crippen molar-refractivity contribution in [2.75, 3.05) is 0 Å². The van der Waals surface area contributed by atoms with E-state index in [9.17, 15) is 0 Å². The minimum absolute atomic E-state index is 0.873. The van der Waals surface area contributed by atoms with E-state index >= 15 is 0 Å². The zero-order valence-corrected chi connectivity index (χ0v) is 34.8. The molecule has 3 aliphatic rings. The molecule has 0 radical (unpaired) electrons. The average Bonchev–Trinajstić information content (AvgIpc) is 4.13. The number of nitrogens with zero attached hydrogens (tertiary/aromatic N) is 5. The highest BCUT2D eigenvalue weighted by Gasteiger charge is 2.20. The van der Waals surface area contributed by atoms with Crippen molar-refractivity contribution in [1.29, 1.82) is 0 Å². The lowest BCUT2D eigenvalue weighted by atomic mass is 10.0. The van der Waals surface area contributed by atoms with E-state index in [0.717, 1.165) is 106 Å². The number of aryl methyl sites for hydroxylation is 3. The summed E-state index contributed by atoms with van der Waals surface area (Å²) in [5, 5.41) is 8.95. The fourth-order valence-corrected chi connectivity index (χ4v) is 9.56. The maximum Gasteiger partial charge on any atom is 0.109 e. The Morgan fingerprint density at radius 3 is 1.41 bits per heavy atom. The van der Waals surface area contributed by atoms with E-state index in [1.807, 2.05) is 10.9 Å². The van der Waals surface area contributed by atoms with Gasteiger partial charge in [0.25, 0.3) is 0 Å². The second-order valence-electron chi connectivity index (χ2n) is 15.9. The van der Waals surface area contributed by atoms with Crippen LogP contribution in [0.1, 0.15) is 51.6 Å². The normalized spacial score (nSPS) is 13.0. The number of hydrogen-bond donors (Lipinski definition) is 1. The first kappa shape index (κ1) is 36.6. The van der Waals surface area contributed by atoms with Crippen LogP contribution in [0.3, 0.4) is 0 Å². The molecule has 0 amide bonds. The molecule has 1 aliphatic carbocycles. The molecule has 0 fully saturated rings. The van der Waals surface area contributed by atoms with Gasteiger partial charge in [-0.15, -0.1) is 16.4 Å². The Morgan fingerprint density at radius 1 is 0.508 bits per heavy atom. The van der Waals surface area contributed by atoms with Gasteiger partial charge in [0.15, 0.2) is 0 Å². The van der Waals surface area contributed by atoms with Crippen molar-refractivity contribution >= 4 is 61.6 Å². The summed E-state index contributed by atoms with van der Waals surface area (Å²) in [6.07, 6.45) is 17.9. The van der Waals surface area contributed by atoms with E-state index in [2.05, 4.69) is 200 Å². The lowest BCUT2D eigenvalue weighted by molar-refractivity contribution is 0.802. The van der Waals surface area contributed by atoms with Crippen LogP contribution in [0.5, 0.6) is 0 Å². The Balaban J connectivity index is 1.21. The first-order valence-corrected chi connectivity index (χ1v) is 21.4. The van der Waals surface area contributed by atoms with Crippen LogP contribution < -0.4 is 0 Å². The second kappa shape index (κ2) is 15.0. The molecule has 2 aliphatic heterocycles. The molecule has 0 saturated heterocycles. The van der Waals surface area contributed by atoms with Crippen LogP contribution in [0.4, 0.5) is 0 Å². The smallest absolute Gasteiger partial charge is 0.109 e. The van der Waals surface area contributed by atoms with Crippen molar-refractivity contribution < 1.29 is 0 Å². The van der Waals surface area contributed by atoms with E-state index in [1.54, 1.807) is 11.3 Å². The largest absolute Gasteiger partial charge is 0.354 e. The van der Waals surface area contributed by atoms with Crippen LogP contribution in [0.25, 0.3) is 101 Å². The highest BCUT2D eigenvalue weighted by Crippen LogP contribution is 2.41. The minimum atomic E-state index is 0.873. The molecule has 1 N–H and O–H groups in total. The van der Waals surface area contributed by atoms with E-state index in [1.165, 1.54) is 22.3 Å². The third-order valence-electron chi connectivity index (χ3n) is 11.7. The summed E-state index contributed by atoms with van der Waals surface area (Å²) in [6.45, 7) is 6.38. The van der Waals surface area contributed by atoms with E-state index in [0.29, 0.717) is 0 Å². The van der Waals surface area contributed by atoms with Crippen LogP contribution >= 0.6 is 11.3 Å². The highest BCUT2D eigenvalue weighted by molar-refractivity contribution is 7.24. The predicted molar refractivity (Wildman–Crippen MR) is 255 cm³/mol. The molecule has 8 bridgehead atoms. The molecular weight excluding hydrogens is 765 g/mol. The number of nitrogens with one attached hydrogen (secondary N) is 1. The van der Waals surface area contributed by atoms with Gasteiger partial charge in [-0.3, -0.25) is 0 Å². The Labute approximate surface area is 358 Å². The Hall–Kier alpha value is -7.48. The summed E-state index contributed by atoms with van der Waals surface area (Å²) in [4.78, 5) is 14.9. The van der Waals surface area contributed by atoms with Gasteiger partial charge in [-0.05, 0) is 116 Å². The predicted octanol–water partition coefficient (Wildman–Crippen LogP) is 13.9. The summed E-state index contributed by atoms with van der Waals surface area (Å²) < 4.78 is 4.13. The van der Waals surface area contributed by atoms with Crippen molar-refractivity contribution in [3.63, 3.8) is 0 Å². The fraction of sp³-hybridized carbons (Fsp3) is 0.0741. The molecule has 0 unspecified atom stereocenters. The molecule has 6 heterocycles. The molecule has 4 aromatic heterocycles. The van der Waals surface area contributed by atoms with Crippen LogP contribution in [0.2, 0.25) is 0 Å². The Bertz CT molecular complexity index is 3270. The van der Waals surface area contributed by atoms with Gasteiger partial charge < -0.3 is 4.98 Å². The molecule has 7 heteroatoms. The molecule has 0 spiro atoms. The number of aromatic amines is 1. The number of hydrogen-bond acceptors (Lipinski definition) is 5. The van der Waals surface area contributed by atoms with Crippen molar-refractivity contribution in [1.82, 2.24) is 29.9 Å². The van der Waals surface area contributed by atoms with Gasteiger partial charge in [0.05, 0.1) is 34.7 Å². The Kier molecular flexibility index (Phi) is 8.98. The molecule has 11 rings (SSSR count). The zero-order valence-electron chi connectivity index (χ0n) is 34.0. The minimum Gasteiger partial charge on any atom is -0.354 e. The average molecular weight is 805 g/mol. The number of fused-ring (bicyclic) bond motifs is 8. The number of benzene rings is 4. The van der Waals surface area contributed by atoms with Gasteiger partial charge >= 0.3 is 0 Å². The second-order valence-corrected chi connectivity index (χ2v) is 17.0. The quantitative estimate of drug-likeness (QED) is 0.182. The monoisotopic (exact) mass is 804 g/mol. The summed E-state index contributed by atoms with van der Waals surface area (Å²) >= 11 is 1.79. The highest BCUT2D eigenvalue weighted by atomic mass is 32.1. The SMILES string of the molecule is Cc1ccc(-c2c3nc(c(-c4ccc(C)cc4)c4ccc(s4)c(-c4ccc(C)cc4)c4nc(c(-c5ccc(-n6cc(C7=CC=CC7)nn6)cc5)c5ccc2[nH]5)C=C4)C=C3)cc1. The molecule has 8 aromatic rings. The first-order chi connectivity index (χ1) is 29.9. The van der Waals surface area contributed by atoms with Crippen molar-refractivity contribution in [2.45, 2.75) is 27.2 Å². The third kappa shape index (κ3) is 6.79. The summed E-state index contributed by atoms with van der Waals surface area (Å²) in [5.41, 5.74) is 20.8. The lowest BCUT2D eigenvalue weighted by Gasteiger charge is -2.08. The molecule has 6 nitrogen and oxygen atoms in total. The van der Waals surface area contributed by atoms with Gasteiger partial charge in [0.2, 0.25) is 0 Å². The van der Waals surface area contributed by atoms with Gasteiger partial charge in [0, 0.05) is 42.7 Å². The van der Waals surface area contributed by atoms with Gasteiger partial charge in [0.1, 0.15) is 5.69 Å². The lowest BCUT2D eigenvalue weighted by Crippen LogP contribution is -1.95. The number of thiophene rings is 1. The van der Waals surface area contributed by atoms with E-state index in [4.69, 9.17) is 9.97 Å². The molecule has 0 atom stereocenters. The van der Waals surface area contributed by atoms with Crippen LogP contribution in [-0.2, 0) is 0 Å². The van der Waals surface area contributed by atoms with Crippen LogP contribution in [0.15, 0.2) is 146 Å². The first-order valence-electron chi connectivity index (χ1n) is 20.6. The summed E-state index contributed by atoms with van der Waals surface area (Å²) in [7, 11) is 0. The number of allylic oxidation sites excluding steroid dienone is 4. The van der Waals surface area contributed by atoms with Crippen LogP contribution in [-0.4, -0.2) is 29.9 Å². The fourth-order valence-electron chi connectivity index (χ4n) is 8.41. The van der Waals surface area contributed by atoms with Crippen molar-refractivity contribution in [3.8, 4) is 50.2 Å². The van der Waals surface area contributed by atoms with Crippen molar-refractivity contribution in [3.05, 3.63) is 191 Å². The van der Waals surface area contributed by atoms with Gasteiger partial charge in [-0.1, -0.05) is 125 Å². The van der Waals surface area contributed by atoms with Gasteiger partial charge in [-0.25, -0.2) is 14.6 Å². The topological polar surface area (TPSA) is 72.3 Å². The number of aromatic nitrogens is 6. The number of H-pyrrole nitrogens is 1. The molecule has 0 saturated carbocycles. The third-order valence-corrected chi connectivity index (χ3v) is 12.8. The van der Waals surface area contributed by atoms with Gasteiger partial charge in [-0.2, -0.15) is 0 Å². The zero-order chi connectivity index (χ0) is 41.0. The van der Waals surface area contributed by atoms with E-state index in [-0.39, 0.29) is 0 Å². The molecule has 292 valence electrons. The molecular formula is C54H40N6S.